The summed E-state index contributed by atoms with van der Waals surface area (Å²) in [4.78, 5) is 2.30. The lowest BCUT2D eigenvalue weighted by Crippen LogP contribution is -2.41. The van der Waals surface area contributed by atoms with Gasteiger partial charge in [-0.1, -0.05) is 0 Å². The second-order valence-corrected chi connectivity index (χ2v) is 5.84. The number of halogens is 1. The van der Waals surface area contributed by atoms with E-state index in [2.05, 4.69) is 11.9 Å². The highest BCUT2D eigenvalue weighted by molar-refractivity contribution is 5.38. The molecule has 0 radical (unpaired) electrons. The van der Waals surface area contributed by atoms with E-state index in [1.807, 2.05) is 0 Å². The number of hydrogen-bond donors (Lipinski definition) is 1. The standard InChI is InChI=1S/C15H20FNO2/c1-17-7-2-5-15(6-8-17)10-13(18)12-9-11(16)3-4-14(12)19-15/h3-4,9,13,18H,2,5-8,10H2,1H3/t13-,15?/m0/s1. The Morgan fingerprint density at radius 3 is 3.05 bits per heavy atom. The highest BCUT2D eigenvalue weighted by Crippen LogP contribution is 2.44. The van der Waals surface area contributed by atoms with Gasteiger partial charge in [0.1, 0.15) is 17.2 Å². The molecular formula is C15H20FNO2. The lowest BCUT2D eigenvalue weighted by atomic mass is 9.83. The molecule has 104 valence electrons. The van der Waals surface area contributed by atoms with Crippen LogP contribution < -0.4 is 4.74 Å². The number of aliphatic hydroxyl groups is 1. The van der Waals surface area contributed by atoms with Crippen molar-refractivity contribution < 1.29 is 14.2 Å². The Kier molecular flexibility index (Phi) is 3.23. The lowest BCUT2D eigenvalue weighted by Gasteiger charge is -2.40. The van der Waals surface area contributed by atoms with Gasteiger partial charge in [0, 0.05) is 18.5 Å². The molecule has 0 aliphatic carbocycles. The predicted molar refractivity (Wildman–Crippen MR) is 70.7 cm³/mol. The Morgan fingerprint density at radius 1 is 1.37 bits per heavy atom. The fourth-order valence-electron chi connectivity index (χ4n) is 3.22. The van der Waals surface area contributed by atoms with E-state index in [0.717, 1.165) is 32.4 Å². The molecule has 1 spiro atoms. The van der Waals surface area contributed by atoms with Crippen molar-refractivity contribution in [2.75, 3.05) is 20.1 Å². The summed E-state index contributed by atoms with van der Waals surface area (Å²) in [5.74, 6) is 0.322. The molecule has 0 saturated carbocycles. The number of ether oxygens (including phenoxy) is 1. The van der Waals surface area contributed by atoms with E-state index in [-0.39, 0.29) is 11.4 Å². The van der Waals surface area contributed by atoms with Gasteiger partial charge in [-0.2, -0.15) is 0 Å². The molecule has 2 aliphatic rings. The minimum atomic E-state index is -0.622. The molecule has 1 aromatic carbocycles. The van der Waals surface area contributed by atoms with Crippen molar-refractivity contribution in [1.29, 1.82) is 0 Å². The van der Waals surface area contributed by atoms with Gasteiger partial charge in [0.25, 0.3) is 0 Å². The molecule has 2 atom stereocenters. The van der Waals surface area contributed by atoms with Crippen LogP contribution in [0.25, 0.3) is 0 Å². The molecule has 0 amide bonds. The summed E-state index contributed by atoms with van der Waals surface area (Å²) < 4.78 is 19.4. The highest BCUT2D eigenvalue weighted by atomic mass is 19.1. The van der Waals surface area contributed by atoms with Gasteiger partial charge in [-0.05, 0) is 51.1 Å². The van der Waals surface area contributed by atoms with Crippen molar-refractivity contribution in [3.05, 3.63) is 29.6 Å². The molecule has 1 saturated heterocycles. The lowest BCUT2D eigenvalue weighted by molar-refractivity contribution is -0.0238. The van der Waals surface area contributed by atoms with Crippen LogP contribution >= 0.6 is 0 Å². The van der Waals surface area contributed by atoms with Crippen LogP contribution in [0, 0.1) is 5.82 Å². The van der Waals surface area contributed by atoms with Crippen LogP contribution in [-0.4, -0.2) is 35.7 Å². The van der Waals surface area contributed by atoms with Gasteiger partial charge in [0.05, 0.1) is 6.10 Å². The summed E-state index contributed by atoms with van der Waals surface area (Å²) in [6.07, 6.45) is 2.88. The Labute approximate surface area is 113 Å². The van der Waals surface area contributed by atoms with E-state index in [1.165, 1.54) is 12.1 Å². The minimum absolute atomic E-state index is 0.283. The van der Waals surface area contributed by atoms with Crippen LogP contribution in [0.1, 0.15) is 37.4 Å². The quantitative estimate of drug-likeness (QED) is 0.782. The van der Waals surface area contributed by atoms with Crippen molar-refractivity contribution in [2.45, 2.75) is 37.4 Å². The monoisotopic (exact) mass is 265 g/mol. The molecule has 1 fully saturated rings. The summed E-state index contributed by atoms with van der Waals surface area (Å²) in [5.41, 5.74) is 0.304. The van der Waals surface area contributed by atoms with Crippen LogP contribution in [0.3, 0.4) is 0 Å². The van der Waals surface area contributed by atoms with Crippen LogP contribution in [0.15, 0.2) is 18.2 Å². The summed E-state index contributed by atoms with van der Waals surface area (Å²) >= 11 is 0. The van der Waals surface area contributed by atoms with Crippen molar-refractivity contribution in [3.63, 3.8) is 0 Å². The Hall–Kier alpha value is -1.13. The molecule has 19 heavy (non-hydrogen) atoms. The predicted octanol–water partition coefficient (Wildman–Crippen LogP) is 2.50. The Bertz CT molecular complexity index is 479. The number of rotatable bonds is 0. The van der Waals surface area contributed by atoms with E-state index in [9.17, 15) is 9.50 Å². The highest BCUT2D eigenvalue weighted by Gasteiger charge is 2.41. The molecular weight excluding hydrogens is 245 g/mol. The molecule has 1 N–H and O–H groups in total. The Balaban J connectivity index is 1.89. The normalized spacial score (nSPS) is 31.6. The van der Waals surface area contributed by atoms with Crippen molar-refractivity contribution in [2.24, 2.45) is 0 Å². The van der Waals surface area contributed by atoms with E-state index in [1.54, 1.807) is 6.07 Å². The van der Waals surface area contributed by atoms with Crippen molar-refractivity contribution in [1.82, 2.24) is 4.90 Å². The van der Waals surface area contributed by atoms with Crippen LogP contribution in [0.2, 0.25) is 0 Å². The first-order chi connectivity index (χ1) is 9.08. The topological polar surface area (TPSA) is 32.7 Å². The zero-order valence-electron chi connectivity index (χ0n) is 11.2. The third kappa shape index (κ3) is 2.47. The number of aliphatic hydroxyl groups excluding tert-OH is 1. The fraction of sp³-hybridized carbons (Fsp3) is 0.600. The second kappa shape index (κ2) is 4.76. The van der Waals surface area contributed by atoms with Gasteiger partial charge in [0.15, 0.2) is 0 Å². The van der Waals surface area contributed by atoms with Crippen LogP contribution in [0.4, 0.5) is 4.39 Å². The average Bonchev–Trinajstić information content (AvgIpc) is 2.54. The maximum absolute atomic E-state index is 13.2. The van der Waals surface area contributed by atoms with Gasteiger partial charge in [-0.3, -0.25) is 0 Å². The molecule has 1 unspecified atom stereocenters. The Morgan fingerprint density at radius 2 is 2.21 bits per heavy atom. The minimum Gasteiger partial charge on any atom is -0.487 e. The fourth-order valence-corrected chi connectivity index (χ4v) is 3.22. The summed E-state index contributed by atoms with van der Waals surface area (Å²) in [6.45, 7) is 2.04. The number of nitrogens with zero attached hydrogens (tertiary/aromatic N) is 1. The zero-order valence-corrected chi connectivity index (χ0v) is 11.2. The number of benzene rings is 1. The van der Waals surface area contributed by atoms with Crippen LogP contribution in [0.5, 0.6) is 5.75 Å². The van der Waals surface area contributed by atoms with E-state index in [0.29, 0.717) is 17.7 Å². The molecule has 3 nitrogen and oxygen atoms in total. The molecule has 2 aliphatic heterocycles. The first-order valence-electron chi connectivity index (χ1n) is 6.93. The summed E-state index contributed by atoms with van der Waals surface area (Å²) in [5, 5.41) is 10.3. The third-order valence-electron chi connectivity index (χ3n) is 4.34. The zero-order chi connectivity index (χ0) is 13.5. The molecule has 1 aromatic rings. The number of hydrogen-bond acceptors (Lipinski definition) is 3. The maximum atomic E-state index is 13.2. The number of likely N-dealkylation sites (tertiary alicyclic amines) is 1. The first kappa shape index (κ1) is 12.9. The molecule has 0 aromatic heterocycles. The van der Waals surface area contributed by atoms with Gasteiger partial charge < -0.3 is 14.7 Å². The molecule has 3 rings (SSSR count). The van der Waals surface area contributed by atoms with Gasteiger partial charge in [-0.25, -0.2) is 4.39 Å². The smallest absolute Gasteiger partial charge is 0.126 e. The molecule has 2 heterocycles. The number of fused-ring (bicyclic) bond motifs is 1. The van der Waals surface area contributed by atoms with E-state index < -0.39 is 6.10 Å². The molecule has 0 bridgehead atoms. The van der Waals surface area contributed by atoms with E-state index in [4.69, 9.17) is 4.74 Å². The molecule has 4 heteroatoms. The third-order valence-corrected chi connectivity index (χ3v) is 4.34. The largest absolute Gasteiger partial charge is 0.487 e. The summed E-state index contributed by atoms with van der Waals surface area (Å²) in [6, 6.07) is 4.42. The van der Waals surface area contributed by atoms with Gasteiger partial charge in [0.2, 0.25) is 0 Å². The average molecular weight is 265 g/mol. The van der Waals surface area contributed by atoms with Gasteiger partial charge in [-0.15, -0.1) is 0 Å². The van der Waals surface area contributed by atoms with Crippen LogP contribution in [-0.2, 0) is 0 Å². The first-order valence-corrected chi connectivity index (χ1v) is 6.93. The van der Waals surface area contributed by atoms with E-state index >= 15 is 0 Å². The maximum Gasteiger partial charge on any atom is 0.126 e. The SMILES string of the molecule is CN1CCCC2(CC1)C[C@H](O)c1cc(F)ccc1O2. The van der Waals surface area contributed by atoms with Crippen molar-refractivity contribution >= 4 is 0 Å². The summed E-state index contributed by atoms with van der Waals surface area (Å²) in [7, 11) is 2.11. The van der Waals surface area contributed by atoms with Gasteiger partial charge >= 0.3 is 0 Å². The van der Waals surface area contributed by atoms with Crippen molar-refractivity contribution in [3.8, 4) is 5.75 Å². The second-order valence-electron chi connectivity index (χ2n) is 5.84.